The Morgan fingerprint density at radius 3 is 2.00 bits per heavy atom. The molecule has 0 saturated heterocycles. The lowest BCUT2D eigenvalue weighted by molar-refractivity contribution is 0.247. The van der Waals surface area contributed by atoms with Gasteiger partial charge in [-0.05, 0) is 36.2 Å². The number of ether oxygens (including phenoxy) is 2. The molecule has 3 heteroatoms. The Balaban J connectivity index is 1.67. The second kappa shape index (κ2) is 8.32. The second-order valence-corrected chi connectivity index (χ2v) is 4.95. The Kier molecular flexibility index (Phi) is 6.10. The van der Waals surface area contributed by atoms with E-state index in [1.165, 1.54) is 0 Å². The van der Waals surface area contributed by atoms with E-state index in [-0.39, 0.29) is 6.04 Å². The molecule has 0 radical (unpaired) electrons. The van der Waals surface area contributed by atoms with Crippen LogP contribution >= 0.6 is 0 Å². The van der Waals surface area contributed by atoms with E-state index in [1.54, 1.807) is 0 Å². The van der Waals surface area contributed by atoms with Crippen LogP contribution in [-0.2, 0) is 0 Å². The minimum atomic E-state index is 0.110. The highest BCUT2D eigenvalue weighted by molar-refractivity contribution is 5.29. The van der Waals surface area contributed by atoms with E-state index in [0.717, 1.165) is 29.9 Å². The Morgan fingerprint density at radius 2 is 1.43 bits per heavy atom. The molecule has 1 unspecified atom stereocenters. The summed E-state index contributed by atoms with van der Waals surface area (Å²) in [7, 11) is 0. The predicted molar refractivity (Wildman–Crippen MR) is 85.7 cm³/mol. The van der Waals surface area contributed by atoms with Crippen molar-refractivity contribution in [3.05, 3.63) is 60.2 Å². The summed E-state index contributed by atoms with van der Waals surface area (Å²) < 4.78 is 11.3. The quantitative estimate of drug-likeness (QED) is 0.747. The maximum absolute atomic E-state index is 5.98. The van der Waals surface area contributed by atoms with E-state index in [0.29, 0.717) is 13.2 Å². The van der Waals surface area contributed by atoms with Crippen molar-refractivity contribution in [1.82, 2.24) is 0 Å². The zero-order chi connectivity index (χ0) is 14.9. The number of hydrogen-bond donors (Lipinski definition) is 1. The van der Waals surface area contributed by atoms with Crippen LogP contribution in [0.15, 0.2) is 54.6 Å². The maximum Gasteiger partial charge on any atom is 0.119 e. The smallest absolute Gasteiger partial charge is 0.119 e. The van der Waals surface area contributed by atoms with E-state index in [2.05, 4.69) is 6.92 Å². The highest BCUT2D eigenvalue weighted by Crippen LogP contribution is 2.18. The lowest BCUT2D eigenvalue weighted by atomic mass is 10.1. The van der Waals surface area contributed by atoms with E-state index in [4.69, 9.17) is 15.2 Å². The average molecular weight is 285 g/mol. The molecule has 0 saturated carbocycles. The number of hydrogen-bond acceptors (Lipinski definition) is 3. The van der Waals surface area contributed by atoms with Crippen LogP contribution in [0.2, 0.25) is 0 Å². The van der Waals surface area contributed by atoms with E-state index in [1.807, 2.05) is 54.6 Å². The van der Waals surface area contributed by atoms with E-state index >= 15 is 0 Å². The van der Waals surface area contributed by atoms with Crippen LogP contribution in [0.25, 0.3) is 0 Å². The van der Waals surface area contributed by atoms with Crippen LogP contribution in [0.4, 0.5) is 0 Å². The fourth-order valence-electron chi connectivity index (χ4n) is 2.00. The van der Waals surface area contributed by atoms with Crippen molar-refractivity contribution in [3.8, 4) is 11.5 Å². The van der Waals surface area contributed by atoms with Crippen molar-refractivity contribution in [2.24, 2.45) is 5.73 Å². The van der Waals surface area contributed by atoms with Crippen molar-refractivity contribution in [3.63, 3.8) is 0 Å². The lowest BCUT2D eigenvalue weighted by Gasteiger charge is -2.11. The first kappa shape index (κ1) is 15.4. The summed E-state index contributed by atoms with van der Waals surface area (Å²) >= 11 is 0. The van der Waals surface area contributed by atoms with Crippen LogP contribution in [0.5, 0.6) is 11.5 Å². The first-order valence-electron chi connectivity index (χ1n) is 7.46. The molecule has 0 fully saturated rings. The molecule has 1 atom stereocenters. The van der Waals surface area contributed by atoms with Gasteiger partial charge in [0, 0.05) is 12.5 Å². The van der Waals surface area contributed by atoms with E-state index < -0.39 is 0 Å². The molecule has 0 bridgehead atoms. The molecule has 112 valence electrons. The molecule has 2 rings (SSSR count). The molecule has 0 aromatic heterocycles. The van der Waals surface area contributed by atoms with Crippen molar-refractivity contribution in [2.45, 2.75) is 25.8 Å². The molecular formula is C18H23NO2. The fraction of sp³-hybridized carbons (Fsp3) is 0.333. The van der Waals surface area contributed by atoms with Gasteiger partial charge >= 0.3 is 0 Å². The zero-order valence-electron chi connectivity index (χ0n) is 12.5. The highest BCUT2D eigenvalue weighted by atomic mass is 16.5. The minimum Gasteiger partial charge on any atom is -0.493 e. The maximum atomic E-state index is 5.98. The van der Waals surface area contributed by atoms with Crippen LogP contribution in [0, 0.1) is 0 Å². The Hall–Kier alpha value is -2.00. The van der Waals surface area contributed by atoms with E-state index in [9.17, 15) is 0 Å². The second-order valence-electron chi connectivity index (χ2n) is 4.95. The van der Waals surface area contributed by atoms with Gasteiger partial charge in [-0.25, -0.2) is 0 Å². The molecule has 3 nitrogen and oxygen atoms in total. The van der Waals surface area contributed by atoms with Gasteiger partial charge in [0.1, 0.15) is 11.5 Å². The topological polar surface area (TPSA) is 44.5 Å². The molecule has 2 aromatic carbocycles. The van der Waals surface area contributed by atoms with Crippen LogP contribution in [0.1, 0.15) is 31.4 Å². The molecule has 0 spiro atoms. The van der Waals surface area contributed by atoms with Gasteiger partial charge in [-0.3, -0.25) is 0 Å². The van der Waals surface area contributed by atoms with Crippen molar-refractivity contribution < 1.29 is 9.47 Å². The largest absolute Gasteiger partial charge is 0.493 e. The minimum absolute atomic E-state index is 0.110. The molecule has 2 aromatic rings. The molecule has 0 aliphatic heterocycles. The van der Waals surface area contributed by atoms with Gasteiger partial charge in [0.2, 0.25) is 0 Å². The summed E-state index contributed by atoms with van der Waals surface area (Å²) in [6, 6.07) is 17.9. The summed E-state index contributed by atoms with van der Waals surface area (Å²) in [4.78, 5) is 0. The van der Waals surface area contributed by atoms with Crippen molar-refractivity contribution in [1.29, 1.82) is 0 Å². The van der Waals surface area contributed by atoms with Crippen LogP contribution < -0.4 is 15.2 Å². The molecule has 21 heavy (non-hydrogen) atoms. The molecule has 0 aliphatic rings. The summed E-state index contributed by atoms with van der Waals surface area (Å²) in [5.41, 5.74) is 7.13. The van der Waals surface area contributed by atoms with Gasteiger partial charge < -0.3 is 15.2 Å². The lowest BCUT2D eigenvalue weighted by Crippen LogP contribution is -2.08. The van der Waals surface area contributed by atoms with Gasteiger partial charge in [0.05, 0.1) is 13.2 Å². The molecular weight excluding hydrogens is 262 g/mol. The van der Waals surface area contributed by atoms with Gasteiger partial charge in [0.25, 0.3) is 0 Å². The van der Waals surface area contributed by atoms with Crippen LogP contribution in [0.3, 0.4) is 0 Å². The van der Waals surface area contributed by atoms with Crippen LogP contribution in [-0.4, -0.2) is 13.2 Å². The number of para-hydroxylation sites is 1. The molecule has 0 amide bonds. The molecule has 0 aliphatic carbocycles. The predicted octanol–water partition coefficient (Wildman–Crippen LogP) is 3.94. The summed E-state index contributed by atoms with van der Waals surface area (Å²) in [6.45, 7) is 3.39. The average Bonchev–Trinajstić information content (AvgIpc) is 2.55. The monoisotopic (exact) mass is 285 g/mol. The fourth-order valence-corrected chi connectivity index (χ4v) is 2.00. The summed E-state index contributed by atoms with van der Waals surface area (Å²) in [6.07, 6.45) is 1.79. The number of nitrogens with two attached hydrogens (primary N) is 1. The number of rotatable bonds is 8. The summed E-state index contributed by atoms with van der Waals surface area (Å²) in [5.74, 6) is 1.78. The highest BCUT2D eigenvalue weighted by Gasteiger charge is 2.02. The third kappa shape index (κ3) is 5.12. The normalized spacial score (nSPS) is 11.9. The number of benzene rings is 2. The molecule has 2 N–H and O–H groups in total. The van der Waals surface area contributed by atoms with Gasteiger partial charge in [-0.1, -0.05) is 37.3 Å². The Morgan fingerprint density at radius 1 is 0.857 bits per heavy atom. The first-order valence-corrected chi connectivity index (χ1v) is 7.46. The standard InChI is InChI=1S/C18H23NO2/c1-2-18(19)15-9-11-17(12-10-15)21-14-6-13-20-16-7-4-3-5-8-16/h3-5,7-12,18H,2,6,13-14,19H2,1H3. The molecule has 0 heterocycles. The Labute approximate surface area is 126 Å². The third-order valence-corrected chi connectivity index (χ3v) is 3.32. The SMILES string of the molecule is CCC(N)c1ccc(OCCCOc2ccccc2)cc1. The zero-order valence-corrected chi connectivity index (χ0v) is 12.5. The summed E-state index contributed by atoms with van der Waals surface area (Å²) in [5, 5.41) is 0. The van der Waals surface area contributed by atoms with Crippen molar-refractivity contribution >= 4 is 0 Å². The van der Waals surface area contributed by atoms with Gasteiger partial charge in [0.15, 0.2) is 0 Å². The first-order chi connectivity index (χ1) is 10.3. The van der Waals surface area contributed by atoms with Gasteiger partial charge in [-0.15, -0.1) is 0 Å². The van der Waals surface area contributed by atoms with Crippen molar-refractivity contribution in [2.75, 3.05) is 13.2 Å². The van der Waals surface area contributed by atoms with Gasteiger partial charge in [-0.2, -0.15) is 0 Å². The Bertz CT molecular complexity index is 511. The third-order valence-electron chi connectivity index (χ3n) is 3.32.